The molecule has 0 aliphatic carbocycles. The topological polar surface area (TPSA) is 21.3 Å². The molecule has 2 rings (SSSR count). The van der Waals surface area contributed by atoms with Crippen molar-refractivity contribution >= 4 is 0 Å². The van der Waals surface area contributed by atoms with Gasteiger partial charge in [-0.05, 0) is 25.6 Å². The van der Waals surface area contributed by atoms with E-state index in [1.807, 2.05) is 44.3 Å². The van der Waals surface area contributed by atoms with E-state index in [1.54, 1.807) is 12.1 Å². The van der Waals surface area contributed by atoms with E-state index in [-0.39, 0.29) is 11.9 Å². The normalized spacial score (nSPS) is 12.2. The molecule has 0 bridgehead atoms. The molecule has 0 saturated heterocycles. The summed E-state index contributed by atoms with van der Waals surface area (Å²) in [7, 11) is 1.81. The van der Waals surface area contributed by atoms with Gasteiger partial charge >= 0.3 is 0 Å². The van der Waals surface area contributed by atoms with E-state index in [4.69, 9.17) is 4.74 Å². The number of hydrogen-bond acceptors (Lipinski definition) is 2. The van der Waals surface area contributed by atoms with Crippen LogP contribution in [-0.4, -0.2) is 7.05 Å². The molecule has 0 aliphatic rings. The van der Waals surface area contributed by atoms with Gasteiger partial charge in [0.25, 0.3) is 0 Å². The Balaban J connectivity index is 2.04. The van der Waals surface area contributed by atoms with Crippen LogP contribution in [-0.2, 0) is 6.61 Å². The first-order valence-corrected chi connectivity index (χ1v) is 6.34. The van der Waals surface area contributed by atoms with Crippen LogP contribution in [0.15, 0.2) is 48.5 Å². The lowest BCUT2D eigenvalue weighted by molar-refractivity contribution is 0.304. The van der Waals surface area contributed by atoms with E-state index in [0.717, 1.165) is 5.56 Å². The average Bonchev–Trinajstić information content (AvgIpc) is 2.45. The molecule has 3 heteroatoms. The fourth-order valence-corrected chi connectivity index (χ4v) is 1.85. The maximum absolute atomic E-state index is 13.9. The second kappa shape index (κ2) is 6.34. The Hall–Kier alpha value is -1.87. The van der Waals surface area contributed by atoms with Crippen LogP contribution < -0.4 is 10.1 Å². The molecular formula is C16H18FNO. The molecule has 19 heavy (non-hydrogen) atoms. The summed E-state index contributed by atoms with van der Waals surface area (Å²) in [6.45, 7) is 2.37. The number of halogens is 1. The van der Waals surface area contributed by atoms with E-state index in [2.05, 4.69) is 5.32 Å². The van der Waals surface area contributed by atoms with Crippen molar-refractivity contribution in [3.63, 3.8) is 0 Å². The van der Waals surface area contributed by atoms with Gasteiger partial charge in [-0.15, -0.1) is 0 Å². The first-order chi connectivity index (χ1) is 9.20. The average molecular weight is 259 g/mol. The van der Waals surface area contributed by atoms with Crippen LogP contribution >= 0.6 is 0 Å². The third kappa shape index (κ3) is 3.55. The second-order valence-electron chi connectivity index (χ2n) is 4.47. The molecular weight excluding hydrogens is 241 g/mol. The van der Waals surface area contributed by atoms with Crippen LogP contribution in [0.5, 0.6) is 5.75 Å². The van der Waals surface area contributed by atoms with Crippen molar-refractivity contribution in [1.82, 2.24) is 5.32 Å². The van der Waals surface area contributed by atoms with Gasteiger partial charge in [-0.3, -0.25) is 0 Å². The Morgan fingerprint density at radius 3 is 2.53 bits per heavy atom. The number of nitrogens with one attached hydrogen (secondary N) is 1. The lowest BCUT2D eigenvalue weighted by atomic mass is 10.1. The first kappa shape index (κ1) is 13.6. The molecule has 0 aromatic heterocycles. The third-order valence-electron chi connectivity index (χ3n) is 3.12. The predicted octanol–water partition coefficient (Wildman–Crippen LogP) is 3.69. The van der Waals surface area contributed by atoms with Crippen molar-refractivity contribution in [2.24, 2.45) is 0 Å². The minimum absolute atomic E-state index is 0.0110. The Bertz CT molecular complexity index is 528. The van der Waals surface area contributed by atoms with Gasteiger partial charge in [0.2, 0.25) is 0 Å². The fraction of sp³-hybridized carbons (Fsp3) is 0.250. The van der Waals surface area contributed by atoms with Crippen molar-refractivity contribution in [3.8, 4) is 5.75 Å². The second-order valence-corrected chi connectivity index (χ2v) is 4.47. The van der Waals surface area contributed by atoms with Crippen molar-refractivity contribution in [1.29, 1.82) is 0 Å². The van der Waals surface area contributed by atoms with Gasteiger partial charge in [-0.25, -0.2) is 4.39 Å². The van der Waals surface area contributed by atoms with Crippen molar-refractivity contribution in [2.75, 3.05) is 7.05 Å². The molecule has 100 valence electrons. The minimum Gasteiger partial charge on any atom is -0.489 e. The van der Waals surface area contributed by atoms with Crippen LogP contribution in [0, 0.1) is 5.82 Å². The van der Waals surface area contributed by atoms with Gasteiger partial charge in [0, 0.05) is 17.7 Å². The highest BCUT2D eigenvalue weighted by atomic mass is 19.1. The van der Waals surface area contributed by atoms with Crippen molar-refractivity contribution in [2.45, 2.75) is 19.6 Å². The summed E-state index contributed by atoms with van der Waals surface area (Å²) in [4.78, 5) is 0. The summed E-state index contributed by atoms with van der Waals surface area (Å²) in [5.74, 6) is 0.306. The number of rotatable bonds is 5. The maximum atomic E-state index is 13.9. The molecule has 1 unspecified atom stereocenters. The lowest BCUT2D eigenvalue weighted by Gasteiger charge is -2.13. The smallest absolute Gasteiger partial charge is 0.131 e. The number of benzene rings is 2. The van der Waals surface area contributed by atoms with Gasteiger partial charge in [-0.2, -0.15) is 0 Å². The van der Waals surface area contributed by atoms with Crippen molar-refractivity contribution < 1.29 is 9.13 Å². The van der Waals surface area contributed by atoms with Gasteiger partial charge in [-0.1, -0.05) is 36.4 Å². The standard InChI is InChI=1S/C16H18FNO/c1-12(18-2)15-9-8-14(10-16(15)17)19-11-13-6-4-3-5-7-13/h3-10,12,18H,11H2,1-2H3. The predicted molar refractivity (Wildman–Crippen MR) is 74.6 cm³/mol. The summed E-state index contributed by atoms with van der Waals surface area (Å²) in [5, 5.41) is 3.02. The Kier molecular flexibility index (Phi) is 4.53. The van der Waals surface area contributed by atoms with Crippen LogP contribution in [0.25, 0.3) is 0 Å². The summed E-state index contributed by atoms with van der Waals surface area (Å²) < 4.78 is 19.5. The molecule has 1 atom stereocenters. The molecule has 2 aromatic rings. The highest BCUT2D eigenvalue weighted by Gasteiger charge is 2.09. The van der Waals surface area contributed by atoms with Gasteiger partial charge in [0.1, 0.15) is 18.2 Å². The molecule has 0 saturated carbocycles. The van der Waals surface area contributed by atoms with E-state index in [1.165, 1.54) is 6.07 Å². The maximum Gasteiger partial charge on any atom is 0.131 e. The van der Waals surface area contributed by atoms with E-state index >= 15 is 0 Å². The van der Waals surface area contributed by atoms with Gasteiger partial charge in [0.05, 0.1) is 0 Å². The van der Waals surface area contributed by atoms with Crippen LogP contribution in [0.1, 0.15) is 24.1 Å². The Labute approximate surface area is 113 Å². The molecule has 2 aromatic carbocycles. The Morgan fingerprint density at radius 1 is 1.16 bits per heavy atom. The highest BCUT2D eigenvalue weighted by molar-refractivity contribution is 5.31. The molecule has 0 aliphatic heterocycles. The molecule has 1 N–H and O–H groups in total. The number of hydrogen-bond donors (Lipinski definition) is 1. The summed E-state index contributed by atoms with van der Waals surface area (Å²) in [6.07, 6.45) is 0. The fourth-order valence-electron chi connectivity index (χ4n) is 1.85. The Morgan fingerprint density at radius 2 is 1.89 bits per heavy atom. The van der Waals surface area contributed by atoms with E-state index in [0.29, 0.717) is 17.9 Å². The summed E-state index contributed by atoms with van der Waals surface area (Å²) in [5.41, 5.74) is 1.71. The van der Waals surface area contributed by atoms with Crippen LogP contribution in [0.2, 0.25) is 0 Å². The first-order valence-electron chi connectivity index (χ1n) is 6.34. The minimum atomic E-state index is -0.243. The largest absolute Gasteiger partial charge is 0.489 e. The molecule has 2 nitrogen and oxygen atoms in total. The molecule has 0 fully saturated rings. The third-order valence-corrected chi connectivity index (χ3v) is 3.12. The van der Waals surface area contributed by atoms with E-state index < -0.39 is 0 Å². The van der Waals surface area contributed by atoms with Gasteiger partial charge in [0.15, 0.2) is 0 Å². The molecule has 0 amide bonds. The quantitative estimate of drug-likeness (QED) is 0.884. The summed E-state index contributed by atoms with van der Waals surface area (Å²) in [6, 6.07) is 14.8. The van der Waals surface area contributed by atoms with Crippen molar-refractivity contribution in [3.05, 3.63) is 65.5 Å². The molecule has 0 radical (unpaired) electrons. The lowest BCUT2D eigenvalue weighted by Crippen LogP contribution is -2.13. The summed E-state index contributed by atoms with van der Waals surface area (Å²) >= 11 is 0. The zero-order chi connectivity index (χ0) is 13.7. The zero-order valence-corrected chi connectivity index (χ0v) is 11.2. The van der Waals surface area contributed by atoms with E-state index in [9.17, 15) is 4.39 Å². The van der Waals surface area contributed by atoms with Crippen LogP contribution in [0.3, 0.4) is 0 Å². The van der Waals surface area contributed by atoms with Crippen LogP contribution in [0.4, 0.5) is 4.39 Å². The number of ether oxygens (including phenoxy) is 1. The molecule has 0 heterocycles. The molecule has 0 spiro atoms. The zero-order valence-electron chi connectivity index (χ0n) is 11.2. The SMILES string of the molecule is CNC(C)c1ccc(OCc2ccccc2)cc1F. The highest BCUT2D eigenvalue weighted by Crippen LogP contribution is 2.22. The van der Waals surface area contributed by atoms with Gasteiger partial charge < -0.3 is 10.1 Å². The monoisotopic (exact) mass is 259 g/mol.